The summed E-state index contributed by atoms with van der Waals surface area (Å²) in [5, 5.41) is 2.71. The number of benzene rings is 2. The molecule has 0 saturated heterocycles. The molecule has 0 fully saturated rings. The molecule has 0 spiro atoms. The minimum absolute atomic E-state index is 0.145. The van der Waals surface area contributed by atoms with Crippen LogP contribution < -0.4 is 10.1 Å². The van der Waals surface area contributed by atoms with E-state index >= 15 is 0 Å². The van der Waals surface area contributed by atoms with Crippen molar-refractivity contribution in [2.75, 3.05) is 32.1 Å². The summed E-state index contributed by atoms with van der Waals surface area (Å²) in [4.78, 5) is 37.5. The van der Waals surface area contributed by atoms with E-state index in [0.717, 1.165) is 12.0 Å². The summed E-state index contributed by atoms with van der Waals surface area (Å²) in [7, 11) is 1.48. The van der Waals surface area contributed by atoms with Crippen LogP contribution >= 0.6 is 0 Å². The Kier molecular flexibility index (Phi) is 8.21. The number of amides is 2. The van der Waals surface area contributed by atoms with Gasteiger partial charge in [0, 0.05) is 12.7 Å². The van der Waals surface area contributed by atoms with Crippen LogP contribution in [-0.4, -0.2) is 49.5 Å². The van der Waals surface area contributed by atoms with Gasteiger partial charge in [0.05, 0.1) is 18.7 Å². The van der Waals surface area contributed by atoms with Crippen molar-refractivity contribution in [1.82, 2.24) is 4.90 Å². The summed E-state index contributed by atoms with van der Waals surface area (Å²) in [6.45, 7) is 3.97. The third-order valence-electron chi connectivity index (χ3n) is 4.03. The van der Waals surface area contributed by atoms with E-state index in [2.05, 4.69) is 5.32 Å². The number of anilines is 1. The van der Waals surface area contributed by atoms with Crippen molar-refractivity contribution < 1.29 is 23.9 Å². The molecule has 2 aromatic carbocycles. The lowest BCUT2D eigenvalue weighted by molar-refractivity contribution is -0.136. The molecule has 1 N–H and O–H groups in total. The summed E-state index contributed by atoms with van der Waals surface area (Å²) in [6.07, 6.45) is 0.891. The molecular weight excluding hydrogens is 372 g/mol. The maximum Gasteiger partial charge on any atom is 0.338 e. The lowest BCUT2D eigenvalue weighted by Gasteiger charge is -2.17. The Morgan fingerprint density at radius 3 is 2.28 bits per heavy atom. The first-order valence-corrected chi connectivity index (χ1v) is 9.39. The first-order chi connectivity index (χ1) is 13.9. The van der Waals surface area contributed by atoms with Gasteiger partial charge in [0.1, 0.15) is 5.75 Å². The van der Waals surface area contributed by atoms with Gasteiger partial charge in [-0.3, -0.25) is 9.59 Å². The van der Waals surface area contributed by atoms with Crippen molar-refractivity contribution >= 4 is 23.5 Å². The van der Waals surface area contributed by atoms with Crippen LogP contribution in [0.1, 0.15) is 29.3 Å². The van der Waals surface area contributed by atoms with Gasteiger partial charge in [0.2, 0.25) is 5.91 Å². The Morgan fingerprint density at radius 1 is 1.00 bits per heavy atom. The van der Waals surface area contributed by atoms with E-state index in [1.54, 1.807) is 36.4 Å². The van der Waals surface area contributed by atoms with E-state index < -0.39 is 18.5 Å². The average molecular weight is 398 g/mol. The molecule has 0 atom stereocenters. The highest BCUT2D eigenvalue weighted by Crippen LogP contribution is 2.13. The minimum Gasteiger partial charge on any atom is -0.494 e. The van der Waals surface area contributed by atoms with Crippen LogP contribution in [0.5, 0.6) is 5.75 Å². The van der Waals surface area contributed by atoms with Gasteiger partial charge >= 0.3 is 5.97 Å². The topological polar surface area (TPSA) is 84.9 Å². The fourth-order valence-corrected chi connectivity index (χ4v) is 2.37. The standard InChI is InChI=1S/C22H26N2O5/c1-4-13-28-19-11-7-17(8-12-19)22(27)29-15-21(26)24(3)14-20(25)23-18-9-5-16(2)6-10-18/h5-12H,4,13-15H2,1-3H3,(H,23,25). The van der Waals surface area contributed by atoms with Gasteiger partial charge in [0.15, 0.2) is 6.61 Å². The molecule has 7 heteroatoms. The molecule has 0 heterocycles. The highest BCUT2D eigenvalue weighted by molar-refractivity contribution is 5.95. The Labute approximate surface area is 170 Å². The number of nitrogens with one attached hydrogen (secondary N) is 1. The Bertz CT molecular complexity index is 831. The monoisotopic (exact) mass is 398 g/mol. The molecule has 0 bridgehead atoms. The second-order valence-corrected chi connectivity index (χ2v) is 6.61. The molecule has 0 aliphatic heterocycles. The first kappa shape index (κ1) is 21.9. The Hall–Kier alpha value is -3.35. The number of aryl methyl sites for hydroxylation is 1. The molecule has 0 aliphatic rings. The van der Waals surface area contributed by atoms with Gasteiger partial charge in [-0.05, 0) is 49.7 Å². The van der Waals surface area contributed by atoms with Gasteiger partial charge in [-0.2, -0.15) is 0 Å². The maximum atomic E-state index is 12.1. The van der Waals surface area contributed by atoms with Crippen molar-refractivity contribution in [3.8, 4) is 5.75 Å². The van der Waals surface area contributed by atoms with Crippen molar-refractivity contribution in [2.24, 2.45) is 0 Å². The van der Waals surface area contributed by atoms with E-state index in [0.29, 0.717) is 23.6 Å². The van der Waals surface area contributed by atoms with Crippen molar-refractivity contribution in [1.29, 1.82) is 0 Å². The number of nitrogens with zero attached hydrogens (tertiary/aromatic N) is 1. The summed E-state index contributed by atoms with van der Waals surface area (Å²) < 4.78 is 10.5. The second-order valence-electron chi connectivity index (χ2n) is 6.61. The molecule has 0 radical (unpaired) electrons. The number of carbonyl (C=O) groups is 3. The van der Waals surface area contributed by atoms with E-state index in [4.69, 9.17) is 9.47 Å². The van der Waals surface area contributed by atoms with Gasteiger partial charge in [0.25, 0.3) is 5.91 Å². The maximum absolute atomic E-state index is 12.1. The number of rotatable bonds is 9. The number of ether oxygens (including phenoxy) is 2. The molecule has 7 nitrogen and oxygen atoms in total. The van der Waals surface area contributed by atoms with E-state index in [1.807, 2.05) is 26.0 Å². The molecule has 0 saturated carbocycles. The number of hydrogen-bond acceptors (Lipinski definition) is 5. The first-order valence-electron chi connectivity index (χ1n) is 9.39. The van der Waals surface area contributed by atoms with Crippen LogP contribution in [0.25, 0.3) is 0 Å². The zero-order valence-corrected chi connectivity index (χ0v) is 16.9. The predicted molar refractivity (Wildman–Crippen MR) is 110 cm³/mol. The number of esters is 1. The summed E-state index contributed by atoms with van der Waals surface area (Å²) in [6, 6.07) is 13.8. The third kappa shape index (κ3) is 7.29. The molecule has 29 heavy (non-hydrogen) atoms. The molecule has 0 aliphatic carbocycles. The van der Waals surface area contributed by atoms with Crippen LogP contribution in [0.15, 0.2) is 48.5 Å². The van der Waals surface area contributed by atoms with E-state index in [1.165, 1.54) is 11.9 Å². The Balaban J connectivity index is 1.77. The number of likely N-dealkylation sites (N-methyl/N-ethyl adjacent to an activating group) is 1. The number of hydrogen-bond donors (Lipinski definition) is 1. The fraction of sp³-hybridized carbons (Fsp3) is 0.318. The van der Waals surface area contributed by atoms with Crippen LogP contribution in [0.4, 0.5) is 5.69 Å². The van der Waals surface area contributed by atoms with Gasteiger partial charge < -0.3 is 19.7 Å². The quantitative estimate of drug-likeness (QED) is 0.657. The molecule has 2 amide bonds. The van der Waals surface area contributed by atoms with Gasteiger partial charge in [-0.1, -0.05) is 24.6 Å². The zero-order chi connectivity index (χ0) is 21.2. The second kappa shape index (κ2) is 10.8. The summed E-state index contributed by atoms with van der Waals surface area (Å²) in [5.74, 6) is -0.754. The summed E-state index contributed by atoms with van der Waals surface area (Å²) in [5.41, 5.74) is 2.06. The van der Waals surface area contributed by atoms with Crippen molar-refractivity contribution in [2.45, 2.75) is 20.3 Å². The molecule has 154 valence electrons. The Morgan fingerprint density at radius 2 is 1.66 bits per heavy atom. The van der Waals surface area contributed by atoms with Crippen molar-refractivity contribution in [3.05, 3.63) is 59.7 Å². The van der Waals surface area contributed by atoms with E-state index in [-0.39, 0.29) is 12.5 Å². The van der Waals surface area contributed by atoms with Crippen LogP contribution in [-0.2, 0) is 14.3 Å². The largest absolute Gasteiger partial charge is 0.494 e. The third-order valence-corrected chi connectivity index (χ3v) is 4.03. The number of carbonyl (C=O) groups excluding carboxylic acids is 3. The zero-order valence-electron chi connectivity index (χ0n) is 16.9. The van der Waals surface area contributed by atoms with Gasteiger partial charge in [-0.25, -0.2) is 4.79 Å². The molecular formula is C22H26N2O5. The molecule has 2 aromatic rings. The summed E-state index contributed by atoms with van der Waals surface area (Å²) >= 11 is 0. The highest BCUT2D eigenvalue weighted by Gasteiger charge is 2.16. The van der Waals surface area contributed by atoms with Crippen LogP contribution in [0.2, 0.25) is 0 Å². The van der Waals surface area contributed by atoms with Crippen LogP contribution in [0, 0.1) is 6.92 Å². The average Bonchev–Trinajstić information content (AvgIpc) is 2.72. The predicted octanol–water partition coefficient (Wildman–Crippen LogP) is 3.04. The highest BCUT2D eigenvalue weighted by atomic mass is 16.5. The van der Waals surface area contributed by atoms with Crippen molar-refractivity contribution in [3.63, 3.8) is 0 Å². The van der Waals surface area contributed by atoms with Crippen LogP contribution in [0.3, 0.4) is 0 Å². The lowest BCUT2D eigenvalue weighted by atomic mass is 10.2. The van der Waals surface area contributed by atoms with E-state index in [9.17, 15) is 14.4 Å². The minimum atomic E-state index is -0.613. The molecule has 2 rings (SSSR count). The SMILES string of the molecule is CCCOc1ccc(C(=O)OCC(=O)N(C)CC(=O)Nc2ccc(C)cc2)cc1. The van der Waals surface area contributed by atoms with Gasteiger partial charge in [-0.15, -0.1) is 0 Å². The smallest absolute Gasteiger partial charge is 0.338 e. The lowest BCUT2D eigenvalue weighted by Crippen LogP contribution is -2.37. The molecule has 0 aromatic heterocycles. The normalized spacial score (nSPS) is 10.2. The molecule has 0 unspecified atom stereocenters. The fourth-order valence-electron chi connectivity index (χ4n) is 2.37.